The Morgan fingerprint density at radius 2 is 1.93 bits per heavy atom. The fourth-order valence-corrected chi connectivity index (χ4v) is 4.26. The first kappa shape index (κ1) is 19.9. The molecule has 1 aliphatic carbocycles. The third kappa shape index (κ3) is 4.72. The summed E-state index contributed by atoms with van der Waals surface area (Å²) < 4.78 is 39.4. The van der Waals surface area contributed by atoms with Crippen LogP contribution in [0.25, 0.3) is 10.9 Å². The van der Waals surface area contributed by atoms with Gasteiger partial charge >= 0.3 is 6.18 Å². The molecule has 3 atom stereocenters. The first-order chi connectivity index (χ1) is 12.8. The van der Waals surface area contributed by atoms with Crippen LogP contribution in [0, 0.1) is 5.92 Å². The highest BCUT2D eigenvalue weighted by molar-refractivity contribution is 8.00. The summed E-state index contributed by atoms with van der Waals surface area (Å²) in [5.41, 5.74) is 0.218. The molecule has 3 rings (SSSR count). The summed E-state index contributed by atoms with van der Waals surface area (Å²) >= 11 is 1.04. The normalized spacial score (nSPS) is 21.8. The predicted molar refractivity (Wildman–Crippen MR) is 99.4 cm³/mol. The molecule has 1 aromatic carbocycles. The summed E-state index contributed by atoms with van der Waals surface area (Å²) in [6.07, 6.45) is -0.355. The Labute approximate surface area is 160 Å². The van der Waals surface area contributed by atoms with Gasteiger partial charge in [-0.2, -0.15) is 13.2 Å². The molecule has 1 fully saturated rings. The summed E-state index contributed by atoms with van der Waals surface area (Å²) in [5.74, 6) is -0.941. The maximum Gasteiger partial charge on any atom is 0.451 e. The molecule has 146 valence electrons. The van der Waals surface area contributed by atoms with E-state index in [0.29, 0.717) is 11.3 Å². The highest BCUT2D eigenvalue weighted by Gasteiger charge is 2.36. The summed E-state index contributed by atoms with van der Waals surface area (Å²) in [4.78, 5) is 19.9. The standard InChI is InChI=1S/C19H22F3N3OS/c1-11-7-3-5-9-14(11)23-16(26)12(2)27-17-13-8-4-6-10-15(13)24-18(25-17)19(20,21)22/h4,6,8,10-12,14H,3,5,7,9H2,1-2H3,(H,23,26)/t11-,12-,14-/m1/s1. The molecule has 0 aliphatic heterocycles. The maximum absolute atomic E-state index is 13.1. The number of rotatable bonds is 4. The zero-order chi connectivity index (χ0) is 19.6. The number of nitrogens with one attached hydrogen (secondary N) is 1. The molecular weight excluding hydrogens is 375 g/mol. The monoisotopic (exact) mass is 397 g/mol. The zero-order valence-corrected chi connectivity index (χ0v) is 16.0. The summed E-state index contributed by atoms with van der Waals surface area (Å²) in [6.45, 7) is 3.81. The molecule has 4 nitrogen and oxygen atoms in total. The number of alkyl halides is 3. The van der Waals surface area contributed by atoms with E-state index in [0.717, 1.165) is 31.0 Å². The van der Waals surface area contributed by atoms with E-state index in [9.17, 15) is 18.0 Å². The van der Waals surface area contributed by atoms with E-state index in [-0.39, 0.29) is 22.5 Å². The lowest BCUT2D eigenvalue weighted by atomic mass is 9.86. The topological polar surface area (TPSA) is 54.9 Å². The highest BCUT2D eigenvalue weighted by atomic mass is 32.2. The second kappa shape index (κ2) is 8.04. The van der Waals surface area contributed by atoms with Crippen LogP contribution in [-0.4, -0.2) is 27.2 Å². The van der Waals surface area contributed by atoms with Crippen molar-refractivity contribution in [3.63, 3.8) is 0 Å². The minimum absolute atomic E-state index is 0.127. The Balaban J connectivity index is 1.81. The molecule has 1 aliphatic rings. The Morgan fingerprint density at radius 3 is 2.63 bits per heavy atom. The molecule has 1 amide bonds. The lowest BCUT2D eigenvalue weighted by Crippen LogP contribution is -2.44. The first-order valence-corrected chi connectivity index (χ1v) is 9.94. The number of halogens is 3. The lowest BCUT2D eigenvalue weighted by molar-refractivity contribution is -0.145. The van der Waals surface area contributed by atoms with Gasteiger partial charge in [-0.25, -0.2) is 9.97 Å². The summed E-state index contributed by atoms with van der Waals surface area (Å²) in [6, 6.07) is 6.67. The number of hydrogen-bond donors (Lipinski definition) is 1. The minimum Gasteiger partial charge on any atom is -0.352 e. The Bertz CT molecular complexity index is 827. The Kier molecular flexibility index (Phi) is 5.93. The number of carbonyl (C=O) groups is 1. The second-order valence-electron chi connectivity index (χ2n) is 7.00. The van der Waals surface area contributed by atoms with Gasteiger partial charge in [0.1, 0.15) is 5.03 Å². The molecule has 2 aromatic rings. The molecular formula is C19H22F3N3OS. The van der Waals surface area contributed by atoms with Crippen molar-refractivity contribution in [1.82, 2.24) is 15.3 Å². The Morgan fingerprint density at radius 1 is 1.22 bits per heavy atom. The number of carbonyl (C=O) groups excluding carboxylic acids is 1. The van der Waals surface area contributed by atoms with E-state index in [1.807, 2.05) is 0 Å². The maximum atomic E-state index is 13.1. The largest absolute Gasteiger partial charge is 0.451 e. The number of thioether (sulfide) groups is 1. The van der Waals surface area contributed by atoms with Crippen molar-refractivity contribution in [1.29, 1.82) is 0 Å². The Hall–Kier alpha value is -1.83. The molecule has 1 aromatic heterocycles. The molecule has 0 unspecified atom stereocenters. The van der Waals surface area contributed by atoms with Crippen molar-refractivity contribution in [3.8, 4) is 0 Å². The van der Waals surface area contributed by atoms with Crippen LogP contribution in [0.2, 0.25) is 0 Å². The van der Waals surface area contributed by atoms with Crippen molar-refractivity contribution in [2.75, 3.05) is 0 Å². The van der Waals surface area contributed by atoms with Crippen molar-refractivity contribution in [3.05, 3.63) is 30.1 Å². The second-order valence-corrected chi connectivity index (χ2v) is 8.33. The fraction of sp³-hybridized carbons (Fsp3) is 0.526. The van der Waals surface area contributed by atoms with Gasteiger partial charge in [-0.15, -0.1) is 0 Å². The number of benzene rings is 1. The van der Waals surface area contributed by atoms with Crippen LogP contribution in [0.4, 0.5) is 13.2 Å². The van der Waals surface area contributed by atoms with E-state index in [2.05, 4.69) is 22.2 Å². The van der Waals surface area contributed by atoms with Gasteiger partial charge in [-0.05, 0) is 31.7 Å². The van der Waals surface area contributed by atoms with Crippen molar-refractivity contribution in [2.45, 2.75) is 62.0 Å². The molecule has 27 heavy (non-hydrogen) atoms. The predicted octanol–water partition coefficient (Wildman–Crippen LogP) is 4.82. The molecule has 0 bridgehead atoms. The molecule has 1 saturated carbocycles. The van der Waals surface area contributed by atoms with E-state index >= 15 is 0 Å². The number of para-hydroxylation sites is 1. The molecule has 8 heteroatoms. The lowest BCUT2D eigenvalue weighted by Gasteiger charge is -2.30. The van der Waals surface area contributed by atoms with Crippen LogP contribution in [0.3, 0.4) is 0 Å². The first-order valence-electron chi connectivity index (χ1n) is 9.06. The van der Waals surface area contributed by atoms with E-state index in [1.54, 1.807) is 25.1 Å². The third-order valence-electron chi connectivity index (χ3n) is 4.92. The van der Waals surface area contributed by atoms with Gasteiger partial charge in [0.2, 0.25) is 11.7 Å². The highest BCUT2D eigenvalue weighted by Crippen LogP contribution is 2.34. The van der Waals surface area contributed by atoms with Gasteiger partial charge in [0.25, 0.3) is 0 Å². The third-order valence-corrected chi connectivity index (χ3v) is 6.02. The minimum atomic E-state index is -4.64. The number of amides is 1. The van der Waals surface area contributed by atoms with Gasteiger partial charge in [-0.1, -0.05) is 49.7 Å². The molecule has 0 spiro atoms. The summed E-state index contributed by atoms with van der Waals surface area (Å²) in [5, 5.41) is 3.19. The van der Waals surface area contributed by atoms with Gasteiger partial charge in [0, 0.05) is 11.4 Å². The molecule has 1 N–H and O–H groups in total. The van der Waals surface area contributed by atoms with Crippen LogP contribution in [0.5, 0.6) is 0 Å². The SMILES string of the molecule is C[C@@H]1CCCC[C@H]1NC(=O)[C@@H](C)Sc1nc(C(F)(F)F)nc2ccccc12. The van der Waals surface area contributed by atoms with Gasteiger partial charge in [0.15, 0.2) is 0 Å². The summed E-state index contributed by atoms with van der Waals surface area (Å²) in [7, 11) is 0. The van der Waals surface area contributed by atoms with Crippen LogP contribution in [0.1, 0.15) is 45.4 Å². The van der Waals surface area contributed by atoms with Gasteiger partial charge < -0.3 is 5.32 Å². The van der Waals surface area contributed by atoms with Gasteiger partial charge in [0.05, 0.1) is 10.8 Å². The van der Waals surface area contributed by atoms with Crippen molar-refractivity contribution >= 4 is 28.6 Å². The van der Waals surface area contributed by atoms with E-state index in [4.69, 9.17) is 0 Å². The van der Waals surface area contributed by atoms with Crippen LogP contribution >= 0.6 is 11.8 Å². The van der Waals surface area contributed by atoms with Crippen LogP contribution in [-0.2, 0) is 11.0 Å². The zero-order valence-electron chi connectivity index (χ0n) is 15.2. The number of hydrogen-bond acceptors (Lipinski definition) is 4. The number of aromatic nitrogens is 2. The van der Waals surface area contributed by atoms with Crippen molar-refractivity contribution < 1.29 is 18.0 Å². The average molecular weight is 397 g/mol. The van der Waals surface area contributed by atoms with Gasteiger partial charge in [-0.3, -0.25) is 4.79 Å². The smallest absolute Gasteiger partial charge is 0.352 e. The molecule has 0 radical (unpaired) electrons. The number of fused-ring (bicyclic) bond motifs is 1. The quantitative estimate of drug-likeness (QED) is 0.593. The van der Waals surface area contributed by atoms with E-state index in [1.165, 1.54) is 12.5 Å². The van der Waals surface area contributed by atoms with E-state index < -0.39 is 17.3 Å². The number of nitrogens with zero attached hydrogens (tertiary/aromatic N) is 2. The molecule has 0 saturated heterocycles. The average Bonchev–Trinajstić information content (AvgIpc) is 2.62. The van der Waals surface area contributed by atoms with Crippen molar-refractivity contribution in [2.24, 2.45) is 5.92 Å². The van der Waals surface area contributed by atoms with Crippen LogP contribution in [0.15, 0.2) is 29.3 Å². The molecule has 1 heterocycles. The fourth-order valence-electron chi connectivity index (χ4n) is 3.32. The van der Waals surface area contributed by atoms with Crippen LogP contribution < -0.4 is 5.32 Å².